The summed E-state index contributed by atoms with van der Waals surface area (Å²) in [5, 5.41) is 1.79. The molecule has 0 aliphatic rings. The summed E-state index contributed by atoms with van der Waals surface area (Å²) in [7, 11) is 0. The van der Waals surface area contributed by atoms with Gasteiger partial charge < -0.3 is 4.98 Å². The zero-order valence-electron chi connectivity index (χ0n) is 9.97. The second-order valence-corrected chi connectivity index (χ2v) is 5.54. The number of nitrogens with zero attached hydrogens (tertiary/aromatic N) is 1. The third kappa shape index (κ3) is 2.20. The number of rotatable bonds is 1. The minimum atomic E-state index is 0.560. The van der Waals surface area contributed by atoms with Crippen molar-refractivity contribution < 1.29 is 0 Å². The van der Waals surface area contributed by atoms with E-state index in [1.807, 2.05) is 25.1 Å². The van der Waals surface area contributed by atoms with Crippen molar-refractivity contribution in [2.45, 2.75) is 6.92 Å². The van der Waals surface area contributed by atoms with Crippen LogP contribution >= 0.6 is 34.8 Å². The summed E-state index contributed by atoms with van der Waals surface area (Å²) >= 11 is 18.5. The average molecular weight is 312 g/mol. The Kier molecular flexibility index (Phi) is 3.17. The van der Waals surface area contributed by atoms with Crippen molar-refractivity contribution in [3.05, 3.63) is 51.0 Å². The number of aromatic nitrogens is 2. The minimum absolute atomic E-state index is 0.560. The van der Waals surface area contributed by atoms with Crippen LogP contribution in [0.25, 0.3) is 22.4 Å². The number of benzene rings is 2. The molecule has 2 aromatic carbocycles. The molecule has 0 aliphatic heterocycles. The van der Waals surface area contributed by atoms with Crippen LogP contribution in [0.2, 0.25) is 15.1 Å². The van der Waals surface area contributed by atoms with Crippen LogP contribution in [0.3, 0.4) is 0 Å². The molecule has 5 heteroatoms. The molecule has 0 fully saturated rings. The molecule has 19 heavy (non-hydrogen) atoms. The van der Waals surface area contributed by atoms with E-state index in [-0.39, 0.29) is 0 Å². The van der Waals surface area contributed by atoms with Crippen LogP contribution in [0, 0.1) is 6.92 Å². The SMILES string of the molecule is Cc1ccc(-c2nc3c(Cl)ccc(Cl)c3[nH]2)c(Cl)c1. The fraction of sp³-hybridized carbons (Fsp3) is 0.0714. The van der Waals surface area contributed by atoms with Gasteiger partial charge in [0.05, 0.1) is 20.6 Å². The quantitative estimate of drug-likeness (QED) is 0.631. The molecular formula is C14H9Cl3N2. The molecule has 0 bridgehead atoms. The van der Waals surface area contributed by atoms with Gasteiger partial charge in [-0.15, -0.1) is 0 Å². The summed E-state index contributed by atoms with van der Waals surface area (Å²) in [5.74, 6) is 0.662. The molecule has 1 aromatic heterocycles. The topological polar surface area (TPSA) is 28.7 Å². The lowest BCUT2D eigenvalue weighted by atomic mass is 10.1. The number of nitrogens with one attached hydrogen (secondary N) is 1. The maximum atomic E-state index is 6.25. The summed E-state index contributed by atoms with van der Waals surface area (Å²) in [5.41, 5.74) is 3.30. The Hall–Kier alpha value is -1.22. The van der Waals surface area contributed by atoms with Gasteiger partial charge in [0.1, 0.15) is 11.3 Å². The highest BCUT2D eigenvalue weighted by atomic mass is 35.5. The van der Waals surface area contributed by atoms with Crippen LogP contribution < -0.4 is 0 Å². The van der Waals surface area contributed by atoms with Crippen molar-refractivity contribution in [1.82, 2.24) is 9.97 Å². The zero-order valence-corrected chi connectivity index (χ0v) is 12.2. The fourth-order valence-corrected chi connectivity index (χ4v) is 2.69. The molecule has 0 atom stereocenters. The van der Waals surface area contributed by atoms with Crippen LogP contribution in [0.1, 0.15) is 5.56 Å². The van der Waals surface area contributed by atoms with Gasteiger partial charge in [0.25, 0.3) is 0 Å². The van der Waals surface area contributed by atoms with Crippen molar-refractivity contribution in [3.8, 4) is 11.4 Å². The largest absolute Gasteiger partial charge is 0.337 e. The van der Waals surface area contributed by atoms with E-state index < -0.39 is 0 Å². The second-order valence-electron chi connectivity index (χ2n) is 4.32. The Balaban J connectivity index is 2.26. The standard InChI is InChI=1S/C14H9Cl3N2/c1-7-2-3-8(11(17)6-7)14-18-12-9(15)4-5-10(16)13(12)19-14/h2-6H,1H3,(H,18,19). The van der Waals surface area contributed by atoms with E-state index in [0.29, 0.717) is 26.4 Å². The first-order chi connectivity index (χ1) is 9.06. The van der Waals surface area contributed by atoms with Gasteiger partial charge >= 0.3 is 0 Å². The number of hydrogen-bond donors (Lipinski definition) is 1. The Morgan fingerprint density at radius 1 is 0.947 bits per heavy atom. The monoisotopic (exact) mass is 310 g/mol. The molecule has 1 heterocycles. The highest BCUT2D eigenvalue weighted by Crippen LogP contribution is 2.33. The molecule has 0 radical (unpaired) electrons. The number of aromatic amines is 1. The molecule has 2 nitrogen and oxygen atoms in total. The van der Waals surface area contributed by atoms with Crippen molar-refractivity contribution in [2.24, 2.45) is 0 Å². The number of halogens is 3. The van der Waals surface area contributed by atoms with E-state index in [0.717, 1.165) is 16.6 Å². The molecule has 3 aromatic rings. The van der Waals surface area contributed by atoms with Gasteiger partial charge in [-0.2, -0.15) is 0 Å². The first-order valence-corrected chi connectivity index (χ1v) is 6.80. The fourth-order valence-electron chi connectivity index (χ4n) is 1.97. The minimum Gasteiger partial charge on any atom is -0.337 e. The van der Waals surface area contributed by atoms with Gasteiger partial charge in [0.15, 0.2) is 0 Å². The lowest BCUT2D eigenvalue weighted by molar-refractivity contribution is 1.33. The van der Waals surface area contributed by atoms with Crippen molar-refractivity contribution in [1.29, 1.82) is 0 Å². The van der Waals surface area contributed by atoms with Crippen molar-refractivity contribution in [3.63, 3.8) is 0 Å². The molecule has 3 rings (SSSR count). The number of H-pyrrole nitrogens is 1. The molecule has 0 saturated carbocycles. The Bertz CT molecular complexity index is 739. The molecule has 0 saturated heterocycles. The molecule has 1 N–H and O–H groups in total. The van der Waals surface area contributed by atoms with E-state index in [1.165, 1.54) is 0 Å². The predicted octanol–water partition coefficient (Wildman–Crippen LogP) is 5.50. The third-order valence-electron chi connectivity index (χ3n) is 2.92. The van der Waals surface area contributed by atoms with Crippen LogP contribution in [0.15, 0.2) is 30.3 Å². The zero-order chi connectivity index (χ0) is 13.6. The van der Waals surface area contributed by atoms with Gasteiger partial charge in [-0.05, 0) is 36.8 Å². The summed E-state index contributed by atoms with van der Waals surface area (Å²) in [4.78, 5) is 7.65. The lowest BCUT2D eigenvalue weighted by Crippen LogP contribution is -1.83. The van der Waals surface area contributed by atoms with Crippen LogP contribution in [-0.2, 0) is 0 Å². The van der Waals surface area contributed by atoms with E-state index in [9.17, 15) is 0 Å². The van der Waals surface area contributed by atoms with E-state index in [1.54, 1.807) is 12.1 Å². The predicted molar refractivity (Wildman–Crippen MR) is 81.3 cm³/mol. The van der Waals surface area contributed by atoms with Crippen molar-refractivity contribution in [2.75, 3.05) is 0 Å². The lowest BCUT2D eigenvalue weighted by Gasteiger charge is -2.01. The highest BCUT2D eigenvalue weighted by Gasteiger charge is 2.13. The van der Waals surface area contributed by atoms with Crippen LogP contribution in [-0.4, -0.2) is 9.97 Å². The smallest absolute Gasteiger partial charge is 0.140 e. The van der Waals surface area contributed by atoms with Crippen LogP contribution in [0.5, 0.6) is 0 Å². The van der Waals surface area contributed by atoms with Gasteiger partial charge in [-0.3, -0.25) is 0 Å². The Morgan fingerprint density at radius 3 is 2.37 bits per heavy atom. The van der Waals surface area contributed by atoms with E-state index >= 15 is 0 Å². The number of hydrogen-bond acceptors (Lipinski definition) is 1. The third-order valence-corrected chi connectivity index (χ3v) is 3.86. The van der Waals surface area contributed by atoms with Crippen molar-refractivity contribution >= 4 is 45.8 Å². The average Bonchev–Trinajstić information content (AvgIpc) is 2.80. The summed E-state index contributed by atoms with van der Waals surface area (Å²) < 4.78 is 0. The first kappa shape index (κ1) is 12.8. The summed E-state index contributed by atoms with van der Waals surface area (Å²) in [6.07, 6.45) is 0. The molecule has 0 amide bonds. The molecular weight excluding hydrogens is 303 g/mol. The number of fused-ring (bicyclic) bond motifs is 1. The van der Waals surface area contributed by atoms with Crippen LogP contribution in [0.4, 0.5) is 0 Å². The highest BCUT2D eigenvalue weighted by molar-refractivity contribution is 6.39. The van der Waals surface area contributed by atoms with Gasteiger partial charge in [-0.1, -0.05) is 40.9 Å². The number of aryl methyl sites for hydroxylation is 1. The Labute approximate surface area is 125 Å². The molecule has 96 valence electrons. The van der Waals surface area contributed by atoms with E-state index in [2.05, 4.69) is 9.97 Å². The Morgan fingerprint density at radius 2 is 1.68 bits per heavy atom. The summed E-state index contributed by atoms with van der Waals surface area (Å²) in [6, 6.07) is 9.28. The van der Waals surface area contributed by atoms with E-state index in [4.69, 9.17) is 34.8 Å². The normalized spacial score (nSPS) is 11.2. The second kappa shape index (κ2) is 4.71. The number of imidazole rings is 1. The molecule has 0 unspecified atom stereocenters. The molecule has 0 aliphatic carbocycles. The maximum Gasteiger partial charge on any atom is 0.140 e. The van der Waals surface area contributed by atoms with Gasteiger partial charge in [0, 0.05) is 5.56 Å². The maximum absolute atomic E-state index is 6.25. The van der Waals surface area contributed by atoms with Gasteiger partial charge in [-0.25, -0.2) is 4.98 Å². The van der Waals surface area contributed by atoms with Gasteiger partial charge in [0.2, 0.25) is 0 Å². The first-order valence-electron chi connectivity index (χ1n) is 5.66. The molecule has 0 spiro atoms. The summed E-state index contributed by atoms with van der Waals surface area (Å²) in [6.45, 7) is 1.99.